The summed E-state index contributed by atoms with van der Waals surface area (Å²) in [6, 6.07) is 9.98. The van der Waals surface area contributed by atoms with Crippen molar-refractivity contribution in [1.82, 2.24) is 9.97 Å². The summed E-state index contributed by atoms with van der Waals surface area (Å²) >= 11 is 0. The van der Waals surface area contributed by atoms with Gasteiger partial charge in [0.1, 0.15) is 11.9 Å². The summed E-state index contributed by atoms with van der Waals surface area (Å²) in [5.41, 5.74) is 6.20. The van der Waals surface area contributed by atoms with Crippen LogP contribution in [0.4, 0.5) is 14.7 Å². The Morgan fingerprint density at radius 2 is 1.84 bits per heavy atom. The molecular formula is C23H21F2N5O2. The normalized spacial score (nSPS) is 14.3. The SMILES string of the molecule is COc1ccc(-c2c(-c3ccc(C#N)c(F)c3)nc(N3CCC(N)CC3)[nH]c2=O)cc1F. The van der Waals surface area contributed by atoms with Crippen molar-refractivity contribution < 1.29 is 13.5 Å². The van der Waals surface area contributed by atoms with Crippen LogP contribution in [0, 0.1) is 23.0 Å². The molecule has 9 heteroatoms. The standard InChI is InChI=1S/C23H21F2N5O2/c1-32-19-5-4-13(10-18(19)25)20-21(14-2-3-15(12-26)17(24)11-14)28-23(29-22(20)31)30-8-6-16(27)7-9-30/h2-5,10-11,16H,6-9,27H2,1H3,(H,28,29,31). The second-order valence-electron chi connectivity index (χ2n) is 7.59. The average Bonchev–Trinajstić information content (AvgIpc) is 2.79. The third kappa shape index (κ3) is 4.05. The molecule has 1 saturated heterocycles. The molecule has 164 valence electrons. The van der Waals surface area contributed by atoms with E-state index in [0.717, 1.165) is 18.9 Å². The maximum atomic E-state index is 14.4. The molecule has 1 aliphatic rings. The van der Waals surface area contributed by atoms with Crippen molar-refractivity contribution in [1.29, 1.82) is 5.26 Å². The number of nitrogens with one attached hydrogen (secondary N) is 1. The van der Waals surface area contributed by atoms with E-state index in [1.807, 2.05) is 4.90 Å². The fourth-order valence-corrected chi connectivity index (χ4v) is 3.77. The Balaban J connectivity index is 1.91. The van der Waals surface area contributed by atoms with E-state index in [1.165, 1.54) is 37.4 Å². The number of H-pyrrole nitrogens is 1. The average molecular weight is 437 g/mol. The number of aromatic amines is 1. The molecule has 3 N–H and O–H groups in total. The first-order valence-corrected chi connectivity index (χ1v) is 10.1. The Kier molecular flexibility index (Phi) is 5.88. The van der Waals surface area contributed by atoms with Crippen LogP contribution in [0.5, 0.6) is 5.75 Å². The van der Waals surface area contributed by atoms with E-state index >= 15 is 0 Å². The summed E-state index contributed by atoms with van der Waals surface area (Å²) in [6.07, 6.45) is 1.49. The number of methoxy groups -OCH3 is 1. The molecule has 1 fully saturated rings. The van der Waals surface area contributed by atoms with Crippen molar-refractivity contribution in [3.8, 4) is 34.2 Å². The lowest BCUT2D eigenvalue weighted by Crippen LogP contribution is -2.41. The zero-order valence-corrected chi connectivity index (χ0v) is 17.4. The minimum Gasteiger partial charge on any atom is -0.494 e. The lowest BCUT2D eigenvalue weighted by molar-refractivity contribution is 0.386. The van der Waals surface area contributed by atoms with Crippen molar-refractivity contribution in [3.63, 3.8) is 0 Å². The maximum absolute atomic E-state index is 14.4. The molecule has 2 aromatic carbocycles. The molecule has 0 unspecified atom stereocenters. The second kappa shape index (κ2) is 8.77. The van der Waals surface area contributed by atoms with E-state index in [0.29, 0.717) is 24.6 Å². The van der Waals surface area contributed by atoms with Crippen LogP contribution < -0.4 is 20.9 Å². The number of ether oxygens (including phenoxy) is 1. The molecule has 0 aliphatic carbocycles. The first-order valence-electron chi connectivity index (χ1n) is 10.1. The van der Waals surface area contributed by atoms with Crippen molar-refractivity contribution in [2.75, 3.05) is 25.1 Å². The molecule has 3 aromatic rings. The summed E-state index contributed by atoms with van der Waals surface area (Å²) in [5, 5.41) is 9.04. The number of nitrogens with zero attached hydrogens (tertiary/aromatic N) is 3. The molecule has 0 atom stereocenters. The highest BCUT2D eigenvalue weighted by Crippen LogP contribution is 2.32. The van der Waals surface area contributed by atoms with Crippen LogP contribution in [-0.4, -0.2) is 36.2 Å². The van der Waals surface area contributed by atoms with Crippen LogP contribution in [0.25, 0.3) is 22.4 Å². The van der Waals surface area contributed by atoms with E-state index in [-0.39, 0.29) is 34.2 Å². The van der Waals surface area contributed by atoms with E-state index in [9.17, 15) is 13.6 Å². The minimum absolute atomic E-state index is 0.0328. The summed E-state index contributed by atoms with van der Waals surface area (Å²) in [4.78, 5) is 22.5. The molecule has 7 nitrogen and oxygen atoms in total. The number of hydrogen-bond donors (Lipinski definition) is 2. The van der Waals surface area contributed by atoms with Crippen molar-refractivity contribution in [2.45, 2.75) is 18.9 Å². The van der Waals surface area contributed by atoms with Gasteiger partial charge < -0.3 is 15.4 Å². The Labute approximate surface area is 183 Å². The van der Waals surface area contributed by atoms with Gasteiger partial charge in [0.25, 0.3) is 5.56 Å². The van der Waals surface area contributed by atoms with Crippen LogP contribution in [0.15, 0.2) is 41.2 Å². The number of nitrogens with two attached hydrogens (primary N) is 1. The number of nitriles is 1. The van der Waals surface area contributed by atoms with Gasteiger partial charge in [0.05, 0.1) is 23.9 Å². The maximum Gasteiger partial charge on any atom is 0.260 e. The highest BCUT2D eigenvalue weighted by molar-refractivity contribution is 5.81. The Morgan fingerprint density at radius 1 is 1.16 bits per heavy atom. The van der Waals surface area contributed by atoms with E-state index in [1.54, 1.807) is 6.07 Å². The quantitative estimate of drug-likeness (QED) is 0.649. The number of piperidine rings is 1. The van der Waals surface area contributed by atoms with Crippen molar-refractivity contribution in [3.05, 3.63) is 63.9 Å². The van der Waals surface area contributed by atoms with Gasteiger partial charge in [-0.2, -0.15) is 5.26 Å². The highest BCUT2D eigenvalue weighted by Gasteiger charge is 2.23. The monoisotopic (exact) mass is 437 g/mol. The zero-order chi connectivity index (χ0) is 22.8. The summed E-state index contributed by atoms with van der Waals surface area (Å²) in [6.45, 7) is 1.23. The molecule has 0 saturated carbocycles. The van der Waals surface area contributed by atoms with E-state index < -0.39 is 17.2 Å². The molecule has 0 bridgehead atoms. The predicted octanol–water partition coefficient (Wildman–Crippen LogP) is 3.19. The molecular weight excluding hydrogens is 416 g/mol. The zero-order valence-electron chi connectivity index (χ0n) is 17.4. The van der Waals surface area contributed by atoms with Crippen molar-refractivity contribution >= 4 is 5.95 Å². The summed E-state index contributed by atoms with van der Waals surface area (Å²) in [7, 11) is 1.34. The molecule has 0 amide bonds. The first-order chi connectivity index (χ1) is 15.4. The topological polar surface area (TPSA) is 108 Å². The van der Waals surface area contributed by atoms with E-state index in [4.69, 9.17) is 15.7 Å². The van der Waals surface area contributed by atoms with E-state index in [2.05, 4.69) is 9.97 Å². The van der Waals surface area contributed by atoms with Crippen molar-refractivity contribution in [2.24, 2.45) is 5.73 Å². The number of anilines is 1. The van der Waals surface area contributed by atoms with Gasteiger partial charge in [-0.05, 0) is 42.7 Å². The molecule has 32 heavy (non-hydrogen) atoms. The largest absolute Gasteiger partial charge is 0.494 e. The Morgan fingerprint density at radius 3 is 2.47 bits per heavy atom. The number of hydrogen-bond acceptors (Lipinski definition) is 6. The van der Waals surface area contributed by atoms with Gasteiger partial charge >= 0.3 is 0 Å². The van der Waals surface area contributed by atoms with Gasteiger partial charge in [-0.15, -0.1) is 0 Å². The fraction of sp³-hybridized carbons (Fsp3) is 0.261. The van der Waals surface area contributed by atoms with Crippen LogP contribution in [0.2, 0.25) is 0 Å². The Bertz CT molecular complexity index is 1260. The molecule has 1 aromatic heterocycles. The van der Waals surface area contributed by atoms with Gasteiger partial charge in [0.15, 0.2) is 11.6 Å². The lowest BCUT2D eigenvalue weighted by atomic mass is 9.99. The molecule has 4 rings (SSSR count). The number of benzene rings is 2. The van der Waals surface area contributed by atoms with Gasteiger partial charge in [0, 0.05) is 24.7 Å². The van der Waals surface area contributed by atoms with Gasteiger partial charge in [-0.25, -0.2) is 13.8 Å². The third-order valence-electron chi connectivity index (χ3n) is 5.55. The first kappa shape index (κ1) is 21.5. The summed E-state index contributed by atoms with van der Waals surface area (Å²) < 4.78 is 33.7. The third-order valence-corrected chi connectivity index (χ3v) is 5.55. The smallest absolute Gasteiger partial charge is 0.260 e. The number of rotatable bonds is 4. The van der Waals surface area contributed by atoms with Crippen LogP contribution >= 0.6 is 0 Å². The molecule has 1 aliphatic heterocycles. The minimum atomic E-state index is -0.732. The molecule has 0 spiro atoms. The van der Waals surface area contributed by atoms with Crippen LogP contribution in [0.1, 0.15) is 18.4 Å². The summed E-state index contributed by atoms with van der Waals surface area (Å²) in [5.74, 6) is -1.01. The lowest BCUT2D eigenvalue weighted by Gasteiger charge is -2.30. The van der Waals surface area contributed by atoms with Crippen LogP contribution in [0.3, 0.4) is 0 Å². The molecule has 2 heterocycles. The Hall–Kier alpha value is -3.77. The predicted molar refractivity (Wildman–Crippen MR) is 116 cm³/mol. The molecule has 0 radical (unpaired) electrons. The van der Waals surface area contributed by atoms with Crippen LogP contribution in [-0.2, 0) is 0 Å². The van der Waals surface area contributed by atoms with Gasteiger partial charge in [0.2, 0.25) is 5.95 Å². The second-order valence-corrected chi connectivity index (χ2v) is 7.59. The fourth-order valence-electron chi connectivity index (χ4n) is 3.77. The van der Waals surface area contributed by atoms with Gasteiger partial charge in [-0.3, -0.25) is 9.78 Å². The van der Waals surface area contributed by atoms with Gasteiger partial charge in [-0.1, -0.05) is 12.1 Å². The highest BCUT2D eigenvalue weighted by atomic mass is 19.1. The number of aromatic nitrogens is 2. The number of halogens is 2.